The predicted molar refractivity (Wildman–Crippen MR) is 93.7 cm³/mol. The Labute approximate surface area is 144 Å². The molecule has 1 aromatic heterocycles. The molecule has 2 amide bonds. The van der Waals surface area contributed by atoms with Gasteiger partial charge in [-0.2, -0.15) is 0 Å². The number of furan rings is 1. The number of rotatable bonds is 2. The zero-order chi connectivity index (χ0) is 15.7. The third-order valence-electron chi connectivity index (χ3n) is 3.00. The highest BCUT2D eigenvalue weighted by Crippen LogP contribution is 2.27. The van der Waals surface area contributed by atoms with Gasteiger partial charge in [-0.05, 0) is 59.1 Å². The van der Waals surface area contributed by atoms with Crippen LogP contribution in [0.4, 0.5) is 0 Å². The van der Waals surface area contributed by atoms with Crippen LogP contribution in [0.15, 0.2) is 46.4 Å². The Morgan fingerprint density at radius 1 is 1.05 bits per heavy atom. The van der Waals surface area contributed by atoms with Crippen LogP contribution < -0.4 is 10.6 Å². The van der Waals surface area contributed by atoms with Crippen LogP contribution in [0, 0.1) is 3.57 Å². The molecule has 0 saturated carbocycles. The number of amides is 2. The molecule has 2 N–H and O–H groups in total. The molecule has 0 bridgehead atoms. The summed E-state index contributed by atoms with van der Waals surface area (Å²) >= 11 is 6.96. The number of thiocarbonyl (C=S) groups is 1. The molecule has 1 aliphatic heterocycles. The highest BCUT2D eigenvalue weighted by molar-refractivity contribution is 14.1. The van der Waals surface area contributed by atoms with Gasteiger partial charge >= 0.3 is 0 Å². The standard InChI is InChI=1S/C15H9IN2O3S/c16-11-4-2-1-3-9(11)12-6-5-8(21-12)7-10-13(19)17-15(22)18-14(10)20/h1-7H,(H2,17,18,19,20,22). The SMILES string of the molecule is O=C1NC(=S)NC(=O)C1=Cc1ccc(-c2ccccc2I)o1. The van der Waals surface area contributed by atoms with Crippen LogP contribution in [0.2, 0.25) is 0 Å². The van der Waals surface area contributed by atoms with E-state index in [1.54, 1.807) is 12.1 Å². The van der Waals surface area contributed by atoms with Gasteiger partial charge in [-0.15, -0.1) is 0 Å². The van der Waals surface area contributed by atoms with Crippen molar-refractivity contribution in [1.29, 1.82) is 0 Å². The fourth-order valence-corrected chi connectivity index (χ4v) is 2.82. The molecule has 22 heavy (non-hydrogen) atoms. The maximum Gasteiger partial charge on any atom is 0.263 e. The molecule has 3 rings (SSSR count). The topological polar surface area (TPSA) is 71.3 Å². The first kappa shape index (κ1) is 14.9. The fraction of sp³-hybridized carbons (Fsp3) is 0. The molecule has 0 radical (unpaired) electrons. The van der Waals surface area contributed by atoms with Crippen molar-refractivity contribution in [2.24, 2.45) is 0 Å². The molecule has 2 heterocycles. The zero-order valence-electron chi connectivity index (χ0n) is 11.1. The smallest absolute Gasteiger partial charge is 0.263 e. The van der Waals surface area contributed by atoms with E-state index in [1.807, 2.05) is 24.3 Å². The van der Waals surface area contributed by atoms with E-state index in [9.17, 15) is 9.59 Å². The van der Waals surface area contributed by atoms with Gasteiger partial charge in [0.15, 0.2) is 5.11 Å². The predicted octanol–water partition coefficient (Wildman–Crippen LogP) is 2.47. The number of nitrogens with one attached hydrogen (secondary N) is 2. The second-order valence-electron chi connectivity index (χ2n) is 4.48. The first-order chi connectivity index (χ1) is 10.5. The van der Waals surface area contributed by atoms with Crippen molar-refractivity contribution < 1.29 is 14.0 Å². The Bertz CT molecular complexity index is 804. The minimum Gasteiger partial charge on any atom is -0.457 e. The average Bonchev–Trinajstić information content (AvgIpc) is 2.92. The molecule has 110 valence electrons. The van der Waals surface area contributed by atoms with Crippen LogP contribution in [-0.2, 0) is 9.59 Å². The largest absolute Gasteiger partial charge is 0.457 e. The molecule has 2 aromatic rings. The lowest BCUT2D eigenvalue weighted by molar-refractivity contribution is -0.123. The van der Waals surface area contributed by atoms with Gasteiger partial charge in [0.1, 0.15) is 17.1 Å². The maximum atomic E-state index is 11.8. The number of halogens is 1. The maximum absolute atomic E-state index is 11.8. The van der Waals surface area contributed by atoms with Crippen LogP contribution in [-0.4, -0.2) is 16.9 Å². The molecule has 1 fully saturated rings. The van der Waals surface area contributed by atoms with E-state index in [0.29, 0.717) is 11.5 Å². The number of hydrogen-bond donors (Lipinski definition) is 2. The fourth-order valence-electron chi connectivity index (χ4n) is 1.98. The Morgan fingerprint density at radius 3 is 2.41 bits per heavy atom. The molecule has 5 nitrogen and oxygen atoms in total. The van der Waals surface area contributed by atoms with Crippen molar-refractivity contribution in [1.82, 2.24) is 10.6 Å². The van der Waals surface area contributed by atoms with E-state index >= 15 is 0 Å². The Kier molecular flexibility index (Phi) is 4.08. The summed E-state index contributed by atoms with van der Waals surface area (Å²) in [6, 6.07) is 11.3. The highest BCUT2D eigenvalue weighted by Gasteiger charge is 2.26. The van der Waals surface area contributed by atoms with Crippen LogP contribution in [0.3, 0.4) is 0 Å². The summed E-state index contributed by atoms with van der Waals surface area (Å²) in [6.07, 6.45) is 1.39. The summed E-state index contributed by atoms with van der Waals surface area (Å²) in [6.45, 7) is 0. The monoisotopic (exact) mass is 424 g/mol. The second kappa shape index (κ2) is 6.01. The first-order valence-corrected chi connectivity index (χ1v) is 7.76. The first-order valence-electron chi connectivity index (χ1n) is 6.27. The molecule has 1 aliphatic rings. The summed E-state index contributed by atoms with van der Waals surface area (Å²) < 4.78 is 6.75. The second-order valence-corrected chi connectivity index (χ2v) is 6.05. The van der Waals surface area contributed by atoms with Crippen LogP contribution in [0.5, 0.6) is 0 Å². The van der Waals surface area contributed by atoms with Crippen LogP contribution >= 0.6 is 34.8 Å². The van der Waals surface area contributed by atoms with Crippen molar-refractivity contribution in [2.75, 3.05) is 0 Å². The van der Waals surface area contributed by atoms with Gasteiger partial charge in [-0.25, -0.2) is 0 Å². The normalized spacial score (nSPS) is 14.6. The summed E-state index contributed by atoms with van der Waals surface area (Å²) in [5, 5.41) is 4.76. The molecular weight excluding hydrogens is 415 g/mol. The number of benzene rings is 1. The highest BCUT2D eigenvalue weighted by atomic mass is 127. The number of hydrogen-bond acceptors (Lipinski definition) is 4. The van der Waals surface area contributed by atoms with Gasteiger partial charge in [0.05, 0.1) is 0 Å². The minimum atomic E-state index is -0.541. The summed E-state index contributed by atoms with van der Waals surface area (Å²) in [5.74, 6) is 0.00810. The van der Waals surface area contributed by atoms with Gasteiger partial charge in [-0.1, -0.05) is 18.2 Å². The van der Waals surface area contributed by atoms with E-state index < -0.39 is 11.8 Å². The molecule has 0 aliphatic carbocycles. The van der Waals surface area contributed by atoms with E-state index in [1.165, 1.54) is 6.08 Å². The summed E-state index contributed by atoms with van der Waals surface area (Å²) in [5.41, 5.74) is 0.906. The van der Waals surface area contributed by atoms with Gasteiger partial charge in [0.25, 0.3) is 11.8 Å². The lowest BCUT2D eigenvalue weighted by Crippen LogP contribution is -2.51. The van der Waals surface area contributed by atoms with Crippen molar-refractivity contribution in [2.45, 2.75) is 0 Å². The number of carbonyl (C=O) groups is 2. The quantitative estimate of drug-likeness (QED) is 0.337. The van der Waals surface area contributed by atoms with Gasteiger partial charge in [0.2, 0.25) is 0 Å². The third kappa shape index (κ3) is 2.95. The zero-order valence-corrected chi connectivity index (χ0v) is 14.0. The lowest BCUT2D eigenvalue weighted by atomic mass is 10.1. The van der Waals surface area contributed by atoms with Crippen molar-refractivity contribution >= 4 is 57.8 Å². The summed E-state index contributed by atoms with van der Waals surface area (Å²) in [4.78, 5) is 23.6. The molecule has 0 atom stereocenters. The van der Waals surface area contributed by atoms with E-state index in [-0.39, 0.29) is 10.7 Å². The van der Waals surface area contributed by atoms with E-state index in [4.69, 9.17) is 16.6 Å². The third-order valence-corrected chi connectivity index (χ3v) is 4.14. The van der Waals surface area contributed by atoms with Gasteiger partial charge in [0, 0.05) is 9.13 Å². The molecule has 1 saturated heterocycles. The lowest BCUT2D eigenvalue weighted by Gasteiger charge is -2.15. The van der Waals surface area contributed by atoms with Crippen molar-refractivity contribution in [3.8, 4) is 11.3 Å². The van der Waals surface area contributed by atoms with Gasteiger partial charge in [-0.3, -0.25) is 20.2 Å². The molecule has 0 unspecified atom stereocenters. The van der Waals surface area contributed by atoms with E-state index in [2.05, 4.69) is 33.2 Å². The number of carbonyl (C=O) groups excluding carboxylic acids is 2. The average molecular weight is 424 g/mol. The van der Waals surface area contributed by atoms with E-state index in [0.717, 1.165) is 9.13 Å². The molecule has 1 aromatic carbocycles. The Hall–Kier alpha value is -2.00. The van der Waals surface area contributed by atoms with Crippen LogP contribution in [0.25, 0.3) is 17.4 Å². The van der Waals surface area contributed by atoms with Crippen molar-refractivity contribution in [3.63, 3.8) is 0 Å². The van der Waals surface area contributed by atoms with Gasteiger partial charge < -0.3 is 4.42 Å². The molecule has 0 spiro atoms. The summed E-state index contributed by atoms with van der Waals surface area (Å²) in [7, 11) is 0. The van der Waals surface area contributed by atoms with Crippen LogP contribution in [0.1, 0.15) is 5.76 Å². The Balaban J connectivity index is 1.93. The minimum absolute atomic E-state index is 0.00567. The Morgan fingerprint density at radius 2 is 1.73 bits per heavy atom. The molecule has 7 heteroatoms. The molecular formula is C15H9IN2O3S. The van der Waals surface area contributed by atoms with Crippen molar-refractivity contribution in [3.05, 3.63) is 51.3 Å².